The summed E-state index contributed by atoms with van der Waals surface area (Å²) >= 11 is 1.44. The highest BCUT2D eigenvalue weighted by Gasteiger charge is 2.37. The zero-order valence-corrected chi connectivity index (χ0v) is 32.0. The molecule has 0 bridgehead atoms. The van der Waals surface area contributed by atoms with Gasteiger partial charge in [0.15, 0.2) is 0 Å². The Labute approximate surface area is 323 Å². The zero-order valence-electron chi connectivity index (χ0n) is 31.2. The molecule has 2 aliphatic rings. The number of nitrogens with one attached hydrogen (secondary N) is 4. The van der Waals surface area contributed by atoms with Gasteiger partial charge in [0.1, 0.15) is 17.7 Å². The number of likely N-dealkylation sites (tertiary alicyclic amines) is 2. The predicted octanol–water partition coefficient (Wildman–Crippen LogP) is 6.65. The molecule has 0 saturated carbocycles. The lowest BCUT2D eigenvalue weighted by Gasteiger charge is -2.30. The van der Waals surface area contributed by atoms with Gasteiger partial charge in [-0.2, -0.15) is 0 Å². The summed E-state index contributed by atoms with van der Waals surface area (Å²) in [5.41, 5.74) is 8.43. The normalized spacial score (nSPS) is 18.4. The molecule has 0 aliphatic carbocycles. The Morgan fingerprint density at radius 1 is 0.855 bits per heavy atom. The number of ether oxygens (including phenoxy) is 1. The molecule has 15 heteroatoms. The molecule has 2 fully saturated rings. The van der Waals surface area contributed by atoms with E-state index in [-0.39, 0.29) is 36.4 Å². The molecule has 5 heterocycles. The van der Waals surface area contributed by atoms with Crippen LogP contribution in [0, 0.1) is 5.92 Å². The van der Waals surface area contributed by atoms with E-state index >= 15 is 0 Å². The highest BCUT2D eigenvalue weighted by atomic mass is 32.1. The number of carbonyl (C=O) groups is 3. The van der Waals surface area contributed by atoms with Crippen molar-refractivity contribution < 1.29 is 24.2 Å². The predicted molar refractivity (Wildman–Crippen MR) is 209 cm³/mol. The highest BCUT2D eigenvalue weighted by Crippen LogP contribution is 2.34. The van der Waals surface area contributed by atoms with Crippen LogP contribution in [-0.4, -0.2) is 96.7 Å². The summed E-state index contributed by atoms with van der Waals surface area (Å²) in [4.78, 5) is 62.1. The third-order valence-electron chi connectivity index (χ3n) is 10.7. The highest BCUT2D eigenvalue weighted by molar-refractivity contribution is 7.07. The lowest BCUT2D eigenvalue weighted by atomic mass is 10.0. The number of carbonyl (C=O) groups excluding carboxylic acids is 2. The minimum Gasteiger partial charge on any atom is -0.465 e. The van der Waals surface area contributed by atoms with Crippen molar-refractivity contribution in [2.45, 2.75) is 70.1 Å². The van der Waals surface area contributed by atoms with Gasteiger partial charge in [0.2, 0.25) is 5.91 Å². The lowest BCUT2D eigenvalue weighted by Crippen LogP contribution is -2.49. The number of carboxylic acid groups (broad SMARTS) is 1. The van der Waals surface area contributed by atoms with Crippen LogP contribution in [0.2, 0.25) is 0 Å². The number of alkyl carbamates (subject to hydrolysis) is 1. The fourth-order valence-electron chi connectivity index (χ4n) is 7.64. The molecule has 2 aromatic carbocycles. The van der Waals surface area contributed by atoms with Crippen LogP contribution in [0.3, 0.4) is 0 Å². The van der Waals surface area contributed by atoms with Crippen LogP contribution in [0.15, 0.2) is 71.8 Å². The maximum Gasteiger partial charge on any atom is 0.407 e. The molecular formula is C40H47N9O5S. The minimum absolute atomic E-state index is 0.121. The third-order valence-corrected chi connectivity index (χ3v) is 11.3. The third kappa shape index (κ3) is 8.73. The Morgan fingerprint density at radius 2 is 1.44 bits per heavy atom. The van der Waals surface area contributed by atoms with Gasteiger partial charge in [-0.1, -0.05) is 62.4 Å². The average Bonchev–Trinajstić information content (AvgIpc) is 4.03. The standard InChI is InChI=1S/C40H47N9O5S/c1-24(2)33(46-39(51)52)21-48-16-4-6-34(48)36-41-19-31(44-36)27-12-8-25(9-13-27)26-10-14-28(15-11-26)32-20-42-37(45-32)35-7-5-17-49(35)38(50)30(47-40(53)54-3)18-29-22-55-23-43-29/h8-15,19-20,22-24,30,33-35,46H,4-7,16-18,21H2,1-3H3,(H,41,44)(H,42,45)(H,47,53)(H,51,52)/t30-,33+,34-,35-/m0/s1. The van der Waals surface area contributed by atoms with Gasteiger partial charge >= 0.3 is 12.2 Å². The number of amides is 3. The van der Waals surface area contributed by atoms with Crippen molar-refractivity contribution in [2.75, 3.05) is 26.7 Å². The summed E-state index contributed by atoms with van der Waals surface area (Å²) in [5, 5.41) is 16.6. The molecule has 2 aliphatic heterocycles. The van der Waals surface area contributed by atoms with Gasteiger partial charge < -0.3 is 35.3 Å². The quantitative estimate of drug-likeness (QED) is 0.0877. The second-order valence-electron chi connectivity index (χ2n) is 14.5. The van der Waals surface area contributed by atoms with E-state index in [1.54, 1.807) is 16.6 Å². The number of aromatic nitrogens is 5. The Balaban J connectivity index is 0.993. The van der Waals surface area contributed by atoms with Crippen molar-refractivity contribution in [1.82, 2.24) is 45.4 Å². The van der Waals surface area contributed by atoms with Crippen LogP contribution in [-0.2, 0) is 16.0 Å². The van der Waals surface area contributed by atoms with E-state index in [9.17, 15) is 19.5 Å². The fraction of sp³-hybridized carbons (Fsp3) is 0.400. The van der Waals surface area contributed by atoms with Crippen LogP contribution in [0.25, 0.3) is 33.6 Å². The van der Waals surface area contributed by atoms with Crippen molar-refractivity contribution in [3.8, 4) is 33.6 Å². The summed E-state index contributed by atoms with van der Waals surface area (Å²) in [6.45, 7) is 6.20. The number of thiazole rings is 1. The van der Waals surface area contributed by atoms with Gasteiger partial charge in [0.05, 0.1) is 54.2 Å². The van der Waals surface area contributed by atoms with Crippen molar-refractivity contribution in [2.24, 2.45) is 5.92 Å². The van der Waals surface area contributed by atoms with E-state index in [2.05, 4.69) is 79.0 Å². The Bertz CT molecular complexity index is 2060. The largest absolute Gasteiger partial charge is 0.465 e. The molecule has 4 atom stereocenters. The molecule has 288 valence electrons. The fourth-order valence-corrected chi connectivity index (χ4v) is 8.21. The van der Waals surface area contributed by atoms with Gasteiger partial charge in [0.25, 0.3) is 0 Å². The molecule has 5 aromatic rings. The molecular weight excluding hydrogens is 719 g/mol. The number of nitrogens with zero attached hydrogens (tertiary/aromatic N) is 5. The molecule has 0 radical (unpaired) electrons. The second kappa shape index (κ2) is 16.9. The SMILES string of the molecule is COC(=O)N[C@@H](Cc1cscn1)C(=O)N1CCC[C@H]1c1ncc(-c2ccc(-c3ccc(-c4cnc([C@@H]5CCCN5C[C@@H](NC(=O)O)C(C)C)[nH]4)cc3)cc2)[nH]1. The number of aromatic amines is 2. The summed E-state index contributed by atoms with van der Waals surface area (Å²) in [7, 11) is 1.28. The first-order valence-corrected chi connectivity index (χ1v) is 19.7. The number of rotatable bonds is 13. The van der Waals surface area contributed by atoms with E-state index in [0.29, 0.717) is 18.9 Å². The zero-order chi connectivity index (χ0) is 38.5. The maximum atomic E-state index is 13.8. The van der Waals surface area contributed by atoms with Gasteiger partial charge in [-0.05, 0) is 60.4 Å². The van der Waals surface area contributed by atoms with Crippen LogP contribution in [0.5, 0.6) is 0 Å². The summed E-state index contributed by atoms with van der Waals surface area (Å²) in [5.74, 6) is 1.61. The summed E-state index contributed by atoms with van der Waals surface area (Å²) < 4.78 is 4.80. The van der Waals surface area contributed by atoms with E-state index < -0.39 is 18.2 Å². The molecule has 7 rings (SSSR count). The van der Waals surface area contributed by atoms with Crippen molar-refractivity contribution in [3.05, 3.63) is 89.2 Å². The van der Waals surface area contributed by atoms with Crippen molar-refractivity contribution >= 4 is 29.4 Å². The number of hydrogen-bond donors (Lipinski definition) is 5. The first-order chi connectivity index (χ1) is 26.7. The number of imidazole rings is 2. The topological polar surface area (TPSA) is 181 Å². The van der Waals surface area contributed by atoms with Gasteiger partial charge in [-0.25, -0.2) is 24.5 Å². The van der Waals surface area contributed by atoms with Crippen molar-refractivity contribution in [1.29, 1.82) is 0 Å². The second-order valence-corrected chi connectivity index (χ2v) is 15.3. The maximum absolute atomic E-state index is 13.8. The summed E-state index contributed by atoms with van der Waals surface area (Å²) in [6.07, 6.45) is 5.92. The van der Waals surface area contributed by atoms with Crippen LogP contribution in [0.1, 0.15) is 69.0 Å². The number of H-pyrrole nitrogens is 2. The number of hydrogen-bond acceptors (Lipinski definition) is 9. The smallest absolute Gasteiger partial charge is 0.407 e. The van der Waals surface area contributed by atoms with E-state index in [1.807, 2.05) is 25.4 Å². The van der Waals surface area contributed by atoms with Crippen LogP contribution < -0.4 is 10.6 Å². The Kier molecular flexibility index (Phi) is 11.6. The number of benzene rings is 2. The van der Waals surface area contributed by atoms with Gasteiger partial charge in [-0.3, -0.25) is 9.69 Å². The number of methoxy groups -OCH3 is 1. The monoisotopic (exact) mass is 765 g/mol. The first kappa shape index (κ1) is 37.8. The molecule has 2 saturated heterocycles. The molecule has 55 heavy (non-hydrogen) atoms. The van der Waals surface area contributed by atoms with E-state index in [0.717, 1.165) is 77.4 Å². The Hall–Kier alpha value is -5.54. The van der Waals surface area contributed by atoms with E-state index in [4.69, 9.17) is 14.7 Å². The minimum atomic E-state index is -0.991. The van der Waals surface area contributed by atoms with Gasteiger partial charge in [-0.15, -0.1) is 11.3 Å². The molecule has 14 nitrogen and oxygen atoms in total. The molecule has 5 N–H and O–H groups in total. The molecule has 0 spiro atoms. The Morgan fingerprint density at radius 3 is 2.00 bits per heavy atom. The molecule has 3 amide bonds. The first-order valence-electron chi connectivity index (χ1n) is 18.7. The van der Waals surface area contributed by atoms with E-state index in [1.165, 1.54) is 18.4 Å². The van der Waals surface area contributed by atoms with Crippen LogP contribution in [0.4, 0.5) is 9.59 Å². The van der Waals surface area contributed by atoms with Crippen molar-refractivity contribution in [3.63, 3.8) is 0 Å². The summed E-state index contributed by atoms with van der Waals surface area (Å²) in [6, 6.07) is 15.6. The van der Waals surface area contributed by atoms with Crippen LogP contribution >= 0.6 is 11.3 Å². The lowest BCUT2D eigenvalue weighted by molar-refractivity contribution is -0.134. The average molecular weight is 766 g/mol. The van der Waals surface area contributed by atoms with Gasteiger partial charge in [0, 0.05) is 30.9 Å². The molecule has 0 unspecified atom stereocenters. The molecule has 3 aromatic heterocycles.